The molecule has 2 fully saturated rings. The number of rotatable bonds is 2. The van der Waals surface area contributed by atoms with Crippen LogP contribution in [0.5, 0.6) is 0 Å². The summed E-state index contributed by atoms with van der Waals surface area (Å²) in [6, 6.07) is 5.49. The molecule has 0 unspecified atom stereocenters. The first-order valence-electron chi connectivity index (χ1n) is 7.69. The lowest BCUT2D eigenvalue weighted by Crippen LogP contribution is -2.56. The quantitative estimate of drug-likeness (QED) is 0.889. The van der Waals surface area contributed by atoms with E-state index in [9.17, 15) is 4.79 Å². The van der Waals surface area contributed by atoms with Crippen LogP contribution in [0.2, 0.25) is 0 Å². The molecular weight excluding hydrogens is 250 g/mol. The summed E-state index contributed by atoms with van der Waals surface area (Å²) < 4.78 is 0. The van der Waals surface area contributed by atoms with E-state index in [1.54, 1.807) is 12.1 Å². The van der Waals surface area contributed by atoms with Gasteiger partial charge in [-0.2, -0.15) is 0 Å². The van der Waals surface area contributed by atoms with Gasteiger partial charge in [-0.3, -0.25) is 0 Å². The molecule has 3 heteroatoms. The maximum absolute atomic E-state index is 11.0. The summed E-state index contributed by atoms with van der Waals surface area (Å²) in [6.45, 7) is 4.32. The molecular formula is C17H23NO2. The lowest BCUT2D eigenvalue weighted by Gasteiger charge is -2.52. The van der Waals surface area contributed by atoms with E-state index in [4.69, 9.17) is 5.11 Å². The van der Waals surface area contributed by atoms with E-state index in [1.165, 1.54) is 44.2 Å². The summed E-state index contributed by atoms with van der Waals surface area (Å²) >= 11 is 0. The van der Waals surface area contributed by atoms with Crippen molar-refractivity contribution >= 4 is 11.7 Å². The predicted octanol–water partition coefficient (Wildman–Crippen LogP) is 3.85. The first kappa shape index (κ1) is 13.5. The van der Waals surface area contributed by atoms with Crippen LogP contribution in [0.4, 0.5) is 5.69 Å². The molecule has 0 bridgehead atoms. The molecule has 1 aliphatic heterocycles. The highest BCUT2D eigenvalue weighted by Gasteiger charge is 2.42. The van der Waals surface area contributed by atoms with Crippen molar-refractivity contribution in [3.8, 4) is 0 Å². The van der Waals surface area contributed by atoms with Crippen molar-refractivity contribution in [1.82, 2.24) is 0 Å². The van der Waals surface area contributed by atoms with Crippen LogP contribution in [0.15, 0.2) is 18.2 Å². The summed E-state index contributed by atoms with van der Waals surface area (Å²) in [5.41, 5.74) is 3.23. The third-order valence-electron chi connectivity index (χ3n) is 5.00. The fourth-order valence-corrected chi connectivity index (χ4v) is 3.87. The number of aromatic carboxylic acids is 1. The van der Waals surface area contributed by atoms with E-state index in [0.717, 1.165) is 18.7 Å². The second kappa shape index (κ2) is 5.12. The third-order valence-corrected chi connectivity index (χ3v) is 5.00. The van der Waals surface area contributed by atoms with Gasteiger partial charge in [0.25, 0.3) is 0 Å². The largest absolute Gasteiger partial charge is 0.478 e. The summed E-state index contributed by atoms with van der Waals surface area (Å²) in [6.07, 6.45) is 8.29. The zero-order chi connectivity index (χ0) is 14.2. The van der Waals surface area contributed by atoms with Gasteiger partial charge in [-0.15, -0.1) is 0 Å². The smallest absolute Gasteiger partial charge is 0.335 e. The number of benzene rings is 1. The highest BCUT2D eigenvalue weighted by Crippen LogP contribution is 2.45. The Morgan fingerprint density at radius 1 is 1.15 bits per heavy atom. The first-order valence-corrected chi connectivity index (χ1v) is 7.69. The zero-order valence-corrected chi connectivity index (χ0v) is 12.2. The molecule has 1 N–H and O–H groups in total. The lowest BCUT2D eigenvalue weighted by atomic mass is 9.73. The molecule has 1 aromatic rings. The van der Waals surface area contributed by atoms with E-state index in [2.05, 4.69) is 4.90 Å². The fraction of sp³-hybridized carbons (Fsp3) is 0.588. The van der Waals surface area contributed by atoms with Crippen molar-refractivity contribution in [1.29, 1.82) is 0 Å². The minimum absolute atomic E-state index is 0.385. The van der Waals surface area contributed by atoms with Gasteiger partial charge in [-0.1, -0.05) is 25.7 Å². The van der Waals surface area contributed by atoms with Crippen molar-refractivity contribution < 1.29 is 9.90 Å². The molecule has 1 aliphatic carbocycles. The van der Waals surface area contributed by atoms with Crippen molar-refractivity contribution in [3.05, 3.63) is 29.3 Å². The summed E-state index contributed by atoms with van der Waals surface area (Å²) in [5, 5.41) is 9.03. The Hall–Kier alpha value is -1.51. The van der Waals surface area contributed by atoms with E-state index in [-0.39, 0.29) is 0 Å². The van der Waals surface area contributed by atoms with Gasteiger partial charge in [-0.25, -0.2) is 4.79 Å². The van der Waals surface area contributed by atoms with Gasteiger partial charge in [0.05, 0.1) is 5.56 Å². The van der Waals surface area contributed by atoms with Gasteiger partial charge in [-0.05, 0) is 43.5 Å². The Bertz CT molecular complexity index is 508. The number of carboxylic acids is 1. The third kappa shape index (κ3) is 2.41. The summed E-state index contributed by atoms with van der Waals surface area (Å²) in [4.78, 5) is 13.4. The van der Waals surface area contributed by atoms with Crippen molar-refractivity contribution in [2.45, 2.75) is 45.4 Å². The van der Waals surface area contributed by atoms with E-state index < -0.39 is 5.97 Å². The van der Waals surface area contributed by atoms with Gasteiger partial charge in [0.15, 0.2) is 0 Å². The number of aryl methyl sites for hydroxylation is 1. The number of carboxylic acid groups (broad SMARTS) is 1. The molecule has 0 aromatic heterocycles. The normalized spacial score (nSPS) is 21.4. The molecule has 1 saturated heterocycles. The second-order valence-corrected chi connectivity index (χ2v) is 6.58. The first-order chi connectivity index (χ1) is 9.60. The molecule has 2 aliphatic rings. The summed E-state index contributed by atoms with van der Waals surface area (Å²) in [7, 11) is 0. The average molecular weight is 273 g/mol. The van der Waals surface area contributed by atoms with Gasteiger partial charge >= 0.3 is 5.97 Å². The molecule has 3 rings (SSSR count). The van der Waals surface area contributed by atoms with Crippen LogP contribution in [-0.2, 0) is 0 Å². The van der Waals surface area contributed by atoms with E-state index >= 15 is 0 Å². The number of hydrogen-bond donors (Lipinski definition) is 1. The Balaban J connectivity index is 1.71. The average Bonchev–Trinajstić information content (AvgIpc) is 2.62. The Morgan fingerprint density at radius 2 is 1.80 bits per heavy atom. The maximum atomic E-state index is 11.0. The van der Waals surface area contributed by atoms with Crippen LogP contribution in [0.3, 0.4) is 0 Å². The van der Waals surface area contributed by atoms with Gasteiger partial charge < -0.3 is 10.0 Å². The molecule has 1 spiro atoms. The van der Waals surface area contributed by atoms with Crippen molar-refractivity contribution in [2.75, 3.05) is 18.0 Å². The molecule has 1 saturated carbocycles. The van der Waals surface area contributed by atoms with Crippen LogP contribution < -0.4 is 4.90 Å². The maximum Gasteiger partial charge on any atom is 0.335 e. The van der Waals surface area contributed by atoms with Crippen molar-refractivity contribution in [2.24, 2.45) is 5.41 Å². The Labute approximate surface area is 120 Å². The molecule has 1 aromatic carbocycles. The Kier molecular flexibility index (Phi) is 3.45. The van der Waals surface area contributed by atoms with E-state index in [1.807, 2.05) is 13.0 Å². The molecule has 0 atom stereocenters. The van der Waals surface area contributed by atoms with Crippen LogP contribution in [-0.4, -0.2) is 24.2 Å². The molecule has 1 heterocycles. The number of nitrogens with zero attached hydrogens (tertiary/aromatic N) is 1. The van der Waals surface area contributed by atoms with E-state index in [0.29, 0.717) is 11.0 Å². The number of carbonyl (C=O) groups is 1. The Morgan fingerprint density at radius 3 is 2.35 bits per heavy atom. The van der Waals surface area contributed by atoms with Crippen LogP contribution in [0, 0.1) is 12.3 Å². The number of hydrogen-bond acceptors (Lipinski definition) is 2. The molecule has 3 nitrogen and oxygen atoms in total. The molecule has 20 heavy (non-hydrogen) atoms. The highest BCUT2D eigenvalue weighted by molar-refractivity contribution is 5.88. The van der Waals surface area contributed by atoms with Crippen LogP contribution >= 0.6 is 0 Å². The van der Waals surface area contributed by atoms with Crippen LogP contribution in [0.25, 0.3) is 0 Å². The zero-order valence-electron chi connectivity index (χ0n) is 12.2. The van der Waals surface area contributed by atoms with Crippen LogP contribution in [0.1, 0.15) is 54.4 Å². The number of anilines is 1. The molecule has 0 radical (unpaired) electrons. The molecule has 108 valence electrons. The minimum atomic E-state index is -0.844. The lowest BCUT2D eigenvalue weighted by molar-refractivity contribution is 0.0696. The standard InChI is InChI=1S/C17H23NO2/c1-13-10-14(16(19)20)6-7-15(13)18-11-17(12-18)8-4-2-3-5-9-17/h6-7,10H,2-5,8-9,11-12H2,1H3,(H,19,20). The predicted molar refractivity (Wildman–Crippen MR) is 80.5 cm³/mol. The van der Waals surface area contributed by atoms with Crippen molar-refractivity contribution in [3.63, 3.8) is 0 Å². The second-order valence-electron chi connectivity index (χ2n) is 6.58. The minimum Gasteiger partial charge on any atom is -0.478 e. The molecule has 0 amide bonds. The monoisotopic (exact) mass is 273 g/mol. The van der Waals surface area contributed by atoms with Gasteiger partial charge in [0.1, 0.15) is 0 Å². The SMILES string of the molecule is Cc1cc(C(=O)O)ccc1N1CC2(CCCCCC2)C1. The van der Waals surface area contributed by atoms with Gasteiger partial charge in [0.2, 0.25) is 0 Å². The fourth-order valence-electron chi connectivity index (χ4n) is 3.87. The highest BCUT2D eigenvalue weighted by atomic mass is 16.4. The van der Waals surface area contributed by atoms with Gasteiger partial charge in [0, 0.05) is 24.2 Å². The topological polar surface area (TPSA) is 40.5 Å². The summed E-state index contributed by atoms with van der Waals surface area (Å²) in [5.74, 6) is -0.844.